The van der Waals surface area contributed by atoms with E-state index in [2.05, 4.69) is 14.7 Å². The van der Waals surface area contributed by atoms with Crippen molar-refractivity contribution in [2.45, 2.75) is 25.3 Å². The Morgan fingerprint density at radius 2 is 1.87 bits per heavy atom. The molecule has 0 unspecified atom stereocenters. The van der Waals surface area contributed by atoms with Crippen LogP contribution in [0.3, 0.4) is 0 Å². The molecular formula is C15H19FN4O2S. The zero-order valence-electron chi connectivity index (χ0n) is 12.6. The lowest BCUT2D eigenvalue weighted by Gasteiger charge is -2.28. The predicted octanol–water partition coefficient (Wildman–Crippen LogP) is 1.96. The molecule has 3 rings (SSSR count). The number of aromatic nitrogens is 2. The number of hydrogen-bond donors (Lipinski definition) is 2. The van der Waals surface area contributed by atoms with Gasteiger partial charge in [0.1, 0.15) is 17.7 Å². The smallest absolute Gasteiger partial charge is 0.280 e. The second-order valence-corrected chi connectivity index (χ2v) is 7.24. The number of aromatic amines is 1. The predicted molar refractivity (Wildman–Crippen MR) is 84.3 cm³/mol. The van der Waals surface area contributed by atoms with Crippen molar-refractivity contribution in [3.63, 3.8) is 0 Å². The number of nitrogens with one attached hydrogen (secondary N) is 2. The second kappa shape index (κ2) is 6.77. The van der Waals surface area contributed by atoms with Crippen LogP contribution in [0.4, 0.5) is 4.39 Å². The van der Waals surface area contributed by atoms with Gasteiger partial charge in [-0.2, -0.15) is 17.4 Å². The Balaban J connectivity index is 1.88. The van der Waals surface area contributed by atoms with Gasteiger partial charge in [-0.3, -0.25) is 0 Å². The third-order valence-corrected chi connectivity index (χ3v) is 5.50. The monoisotopic (exact) mass is 338 g/mol. The maximum Gasteiger partial charge on any atom is 0.280 e. The van der Waals surface area contributed by atoms with Crippen LogP contribution in [0.15, 0.2) is 36.7 Å². The van der Waals surface area contributed by atoms with Crippen LogP contribution in [0.2, 0.25) is 0 Å². The van der Waals surface area contributed by atoms with Crippen molar-refractivity contribution in [1.82, 2.24) is 19.0 Å². The summed E-state index contributed by atoms with van der Waals surface area (Å²) in [5, 5.41) is 0. The van der Waals surface area contributed by atoms with Gasteiger partial charge in [-0.25, -0.2) is 9.37 Å². The van der Waals surface area contributed by atoms with Crippen molar-refractivity contribution in [2.75, 3.05) is 13.1 Å². The largest absolute Gasteiger partial charge is 0.347 e. The van der Waals surface area contributed by atoms with E-state index in [0.717, 1.165) is 19.3 Å². The highest BCUT2D eigenvalue weighted by Gasteiger charge is 2.29. The molecule has 8 heteroatoms. The number of benzene rings is 1. The molecule has 1 aliphatic heterocycles. The molecule has 1 aliphatic rings. The number of rotatable bonds is 5. The summed E-state index contributed by atoms with van der Waals surface area (Å²) in [6, 6.07) is 5.04. The summed E-state index contributed by atoms with van der Waals surface area (Å²) in [7, 11) is -3.64. The van der Waals surface area contributed by atoms with E-state index in [0.29, 0.717) is 24.5 Å². The lowest BCUT2D eigenvalue weighted by Crippen LogP contribution is -2.45. The van der Waals surface area contributed by atoms with E-state index in [9.17, 15) is 12.8 Å². The lowest BCUT2D eigenvalue weighted by atomic mass is 10.1. The highest BCUT2D eigenvalue weighted by molar-refractivity contribution is 7.87. The molecule has 0 amide bonds. The van der Waals surface area contributed by atoms with E-state index in [4.69, 9.17) is 0 Å². The fraction of sp³-hybridized carbons (Fsp3) is 0.400. The molecule has 1 atom stereocenters. The number of halogens is 1. The van der Waals surface area contributed by atoms with Crippen LogP contribution in [0.5, 0.6) is 0 Å². The first kappa shape index (κ1) is 16.1. The van der Waals surface area contributed by atoms with Crippen LogP contribution in [0, 0.1) is 5.82 Å². The van der Waals surface area contributed by atoms with Gasteiger partial charge in [-0.1, -0.05) is 18.6 Å². The van der Waals surface area contributed by atoms with Crippen molar-refractivity contribution >= 4 is 10.2 Å². The first-order chi connectivity index (χ1) is 11.1. The number of H-pyrrole nitrogens is 1. The third kappa shape index (κ3) is 3.77. The Morgan fingerprint density at radius 1 is 1.17 bits per heavy atom. The summed E-state index contributed by atoms with van der Waals surface area (Å²) in [5.74, 6) is 0.100. The Kier molecular flexibility index (Phi) is 4.74. The van der Waals surface area contributed by atoms with Gasteiger partial charge >= 0.3 is 0 Å². The van der Waals surface area contributed by atoms with Crippen molar-refractivity contribution in [1.29, 1.82) is 0 Å². The summed E-state index contributed by atoms with van der Waals surface area (Å²) in [4.78, 5) is 7.08. The molecule has 0 aliphatic carbocycles. The number of piperidine rings is 1. The van der Waals surface area contributed by atoms with Crippen molar-refractivity contribution in [3.05, 3.63) is 53.9 Å². The molecule has 0 saturated carbocycles. The highest BCUT2D eigenvalue weighted by Crippen LogP contribution is 2.22. The molecule has 1 aromatic heterocycles. The molecule has 124 valence electrons. The second-order valence-electron chi connectivity index (χ2n) is 5.54. The molecule has 0 bridgehead atoms. The van der Waals surface area contributed by atoms with Gasteiger partial charge in [-0.05, 0) is 30.5 Å². The topological polar surface area (TPSA) is 78.1 Å². The van der Waals surface area contributed by atoms with Gasteiger partial charge in [0.15, 0.2) is 0 Å². The first-order valence-corrected chi connectivity index (χ1v) is 9.02. The van der Waals surface area contributed by atoms with Crippen LogP contribution in [0.25, 0.3) is 0 Å². The maximum absolute atomic E-state index is 13.2. The van der Waals surface area contributed by atoms with E-state index in [1.165, 1.54) is 16.4 Å². The fourth-order valence-electron chi connectivity index (χ4n) is 2.70. The minimum atomic E-state index is -3.64. The van der Waals surface area contributed by atoms with E-state index >= 15 is 0 Å². The number of hydrogen-bond acceptors (Lipinski definition) is 3. The molecule has 0 radical (unpaired) electrons. The number of nitrogens with zero attached hydrogens (tertiary/aromatic N) is 2. The molecule has 2 aromatic rings. The standard InChI is InChI=1S/C15H19FN4O2S/c16-13-6-4-12(5-7-13)14(15-17-8-9-18-15)19-23(21,22)20-10-2-1-3-11-20/h4-9,14,19H,1-3,10-11H2,(H,17,18)/t14-/m0/s1. The maximum atomic E-state index is 13.2. The van der Waals surface area contributed by atoms with E-state index in [1.807, 2.05) is 0 Å². The normalized spacial score (nSPS) is 18.0. The Labute approximate surface area is 134 Å². The minimum Gasteiger partial charge on any atom is -0.347 e. The van der Waals surface area contributed by atoms with Gasteiger partial charge in [0.05, 0.1) is 0 Å². The van der Waals surface area contributed by atoms with Gasteiger partial charge in [-0.15, -0.1) is 0 Å². The van der Waals surface area contributed by atoms with Gasteiger partial charge in [0, 0.05) is 25.5 Å². The Hall–Kier alpha value is -1.77. The van der Waals surface area contributed by atoms with Crippen LogP contribution in [-0.4, -0.2) is 35.8 Å². The van der Waals surface area contributed by atoms with Crippen molar-refractivity contribution < 1.29 is 12.8 Å². The summed E-state index contributed by atoms with van der Waals surface area (Å²) in [5.41, 5.74) is 0.627. The minimum absolute atomic E-state index is 0.370. The zero-order chi connectivity index (χ0) is 16.3. The molecule has 1 saturated heterocycles. The van der Waals surface area contributed by atoms with Crippen LogP contribution < -0.4 is 4.72 Å². The molecule has 23 heavy (non-hydrogen) atoms. The number of imidazole rings is 1. The van der Waals surface area contributed by atoms with Gasteiger partial charge < -0.3 is 4.98 Å². The quantitative estimate of drug-likeness (QED) is 0.875. The molecular weight excluding hydrogens is 319 g/mol. The molecule has 2 heterocycles. The summed E-state index contributed by atoms with van der Waals surface area (Å²) < 4.78 is 42.5. The average molecular weight is 338 g/mol. The van der Waals surface area contributed by atoms with E-state index in [1.54, 1.807) is 24.5 Å². The van der Waals surface area contributed by atoms with Crippen molar-refractivity contribution in [3.8, 4) is 0 Å². The lowest BCUT2D eigenvalue weighted by molar-refractivity contribution is 0.339. The summed E-state index contributed by atoms with van der Waals surface area (Å²) in [6.45, 7) is 1.03. The van der Waals surface area contributed by atoms with Crippen LogP contribution in [0.1, 0.15) is 36.7 Å². The average Bonchev–Trinajstić information content (AvgIpc) is 3.09. The van der Waals surface area contributed by atoms with Gasteiger partial charge in [0.2, 0.25) is 0 Å². The Bertz CT molecular complexity index is 725. The highest BCUT2D eigenvalue weighted by atomic mass is 32.2. The molecule has 1 aromatic carbocycles. The third-order valence-electron chi connectivity index (χ3n) is 3.92. The summed E-state index contributed by atoms with van der Waals surface area (Å²) in [6.07, 6.45) is 5.96. The Morgan fingerprint density at radius 3 is 2.48 bits per heavy atom. The van der Waals surface area contributed by atoms with E-state index in [-0.39, 0.29) is 5.82 Å². The van der Waals surface area contributed by atoms with E-state index < -0.39 is 16.3 Å². The zero-order valence-corrected chi connectivity index (χ0v) is 13.4. The fourth-order valence-corrected chi connectivity index (χ4v) is 4.13. The SMILES string of the molecule is O=S(=O)(N[C@@H](c1ccc(F)cc1)c1ncc[nH]1)N1CCCCC1. The van der Waals surface area contributed by atoms with Crippen molar-refractivity contribution in [2.24, 2.45) is 0 Å². The van der Waals surface area contributed by atoms with Crippen LogP contribution in [-0.2, 0) is 10.2 Å². The molecule has 6 nitrogen and oxygen atoms in total. The first-order valence-electron chi connectivity index (χ1n) is 7.58. The molecule has 1 fully saturated rings. The molecule has 2 N–H and O–H groups in total. The molecule has 0 spiro atoms. The summed E-state index contributed by atoms with van der Waals surface area (Å²) >= 11 is 0. The van der Waals surface area contributed by atoms with Crippen LogP contribution >= 0.6 is 0 Å². The van der Waals surface area contributed by atoms with Gasteiger partial charge in [0.25, 0.3) is 10.2 Å².